The topological polar surface area (TPSA) is 103 Å². The van der Waals surface area contributed by atoms with Crippen LogP contribution >= 0.6 is 8.60 Å². The van der Waals surface area contributed by atoms with E-state index in [2.05, 4.69) is 4.98 Å². The zero-order valence-corrected chi connectivity index (χ0v) is 11.0. The third-order valence-electron chi connectivity index (χ3n) is 3.21. The van der Waals surface area contributed by atoms with Gasteiger partial charge in [0.2, 0.25) is 0 Å². The molecule has 0 saturated carbocycles. The molecular formula is C10H13N2O6P. The van der Waals surface area contributed by atoms with Gasteiger partial charge in [0.25, 0.3) is 5.56 Å². The molecule has 2 fully saturated rings. The molecule has 3 rings (SSSR count). The molecule has 0 spiro atoms. The van der Waals surface area contributed by atoms with Crippen molar-refractivity contribution in [2.45, 2.75) is 31.8 Å². The maximum Gasteiger partial charge on any atom is 0.330 e. The summed E-state index contributed by atoms with van der Waals surface area (Å²) in [5.41, 5.74) is -0.499. The van der Waals surface area contributed by atoms with Crippen molar-refractivity contribution in [1.29, 1.82) is 0 Å². The highest BCUT2D eigenvalue weighted by molar-refractivity contribution is 7.40. The Morgan fingerprint density at radius 3 is 3.05 bits per heavy atom. The lowest BCUT2D eigenvalue weighted by molar-refractivity contribution is -0.0592. The molecule has 0 amide bonds. The fourth-order valence-corrected chi connectivity index (χ4v) is 3.00. The molecule has 0 radical (unpaired) electrons. The normalized spacial score (nSPS) is 34.2. The number of nitrogens with one attached hydrogen (secondary N) is 1. The fraction of sp³-hybridized carbons (Fsp3) is 0.600. The van der Waals surface area contributed by atoms with E-state index in [4.69, 9.17) is 13.8 Å². The van der Waals surface area contributed by atoms with Crippen LogP contribution in [0.15, 0.2) is 15.8 Å². The zero-order valence-electron chi connectivity index (χ0n) is 10.1. The minimum absolute atomic E-state index is 0.237. The van der Waals surface area contributed by atoms with Gasteiger partial charge in [-0.15, -0.1) is 0 Å². The summed E-state index contributed by atoms with van der Waals surface area (Å²) in [6, 6.07) is 0. The zero-order chi connectivity index (χ0) is 13.6. The van der Waals surface area contributed by atoms with Crippen LogP contribution in [-0.4, -0.2) is 33.3 Å². The molecule has 0 aliphatic carbocycles. The summed E-state index contributed by atoms with van der Waals surface area (Å²) in [6.45, 7) is 1.85. The van der Waals surface area contributed by atoms with E-state index in [-0.39, 0.29) is 18.8 Å². The number of aromatic nitrogens is 2. The van der Waals surface area contributed by atoms with Crippen LogP contribution < -0.4 is 11.2 Å². The molecule has 2 aliphatic rings. The minimum atomic E-state index is -1.86. The molecule has 19 heavy (non-hydrogen) atoms. The first kappa shape index (κ1) is 13.0. The molecule has 2 saturated heterocycles. The molecule has 2 aliphatic heterocycles. The average Bonchev–Trinajstić information content (AvgIpc) is 2.76. The Bertz CT molecular complexity index is 598. The molecule has 1 aromatic rings. The summed E-state index contributed by atoms with van der Waals surface area (Å²) < 4.78 is 17.2. The molecule has 9 heteroatoms. The lowest BCUT2D eigenvalue weighted by Gasteiger charge is -2.26. The molecule has 3 heterocycles. The standard InChI is InChI=1S/C10H13N2O6P/c1-5-3-12(10(14)11-9(5)13)8-2-6-7(17-8)4-16-19(15)18-6/h3,6-8,15H,2,4H2,1H3,(H,11,13,14)/t6?,7?,8-,19?/m1/s1. The van der Waals surface area contributed by atoms with Gasteiger partial charge in [-0.2, -0.15) is 0 Å². The largest absolute Gasteiger partial charge is 0.349 e. The maximum atomic E-state index is 11.8. The molecule has 1 aromatic heterocycles. The predicted octanol–water partition coefficient (Wildman–Crippen LogP) is -0.233. The number of rotatable bonds is 1. The van der Waals surface area contributed by atoms with Crippen LogP contribution in [-0.2, 0) is 13.8 Å². The highest BCUT2D eigenvalue weighted by atomic mass is 31.2. The van der Waals surface area contributed by atoms with Gasteiger partial charge in [0.05, 0.1) is 12.7 Å². The third kappa shape index (κ3) is 2.37. The van der Waals surface area contributed by atoms with Crippen LogP contribution in [0, 0.1) is 6.92 Å². The Morgan fingerprint density at radius 1 is 1.47 bits per heavy atom. The Kier molecular flexibility index (Phi) is 3.28. The van der Waals surface area contributed by atoms with Crippen LogP contribution in [0.25, 0.3) is 0 Å². The van der Waals surface area contributed by atoms with Gasteiger partial charge in [-0.05, 0) is 6.92 Å². The Morgan fingerprint density at radius 2 is 2.26 bits per heavy atom. The summed E-state index contributed by atoms with van der Waals surface area (Å²) in [4.78, 5) is 34.6. The monoisotopic (exact) mass is 288 g/mol. The number of aryl methyl sites for hydroxylation is 1. The number of nitrogens with zero attached hydrogens (tertiary/aromatic N) is 1. The highest BCUT2D eigenvalue weighted by Crippen LogP contribution is 2.45. The second-order valence-electron chi connectivity index (χ2n) is 4.52. The lowest BCUT2D eigenvalue weighted by atomic mass is 10.2. The van der Waals surface area contributed by atoms with Crippen LogP contribution in [0.5, 0.6) is 0 Å². The minimum Gasteiger partial charge on any atom is -0.349 e. The van der Waals surface area contributed by atoms with E-state index in [9.17, 15) is 14.5 Å². The predicted molar refractivity (Wildman–Crippen MR) is 64.6 cm³/mol. The number of H-pyrrole nitrogens is 1. The first-order chi connectivity index (χ1) is 9.04. The lowest BCUT2D eigenvalue weighted by Crippen LogP contribution is -2.33. The molecule has 2 N–H and O–H groups in total. The van der Waals surface area contributed by atoms with E-state index in [1.54, 1.807) is 6.92 Å². The van der Waals surface area contributed by atoms with Gasteiger partial charge in [-0.25, -0.2) is 4.79 Å². The molecule has 104 valence electrons. The van der Waals surface area contributed by atoms with Crippen molar-refractivity contribution in [3.63, 3.8) is 0 Å². The summed E-state index contributed by atoms with van der Waals surface area (Å²) in [5, 5.41) is 0. The fourth-order valence-electron chi connectivity index (χ4n) is 2.22. The van der Waals surface area contributed by atoms with Gasteiger partial charge >= 0.3 is 14.3 Å². The van der Waals surface area contributed by atoms with Crippen LogP contribution in [0.4, 0.5) is 0 Å². The van der Waals surface area contributed by atoms with E-state index < -0.39 is 26.1 Å². The van der Waals surface area contributed by atoms with Gasteiger partial charge in [0.15, 0.2) is 0 Å². The van der Waals surface area contributed by atoms with Crippen molar-refractivity contribution in [3.8, 4) is 0 Å². The van der Waals surface area contributed by atoms with Crippen LogP contribution in [0.3, 0.4) is 0 Å². The van der Waals surface area contributed by atoms with Gasteiger partial charge < -0.3 is 18.7 Å². The molecular weight excluding hydrogens is 275 g/mol. The van der Waals surface area contributed by atoms with E-state index in [0.717, 1.165) is 0 Å². The summed E-state index contributed by atoms with van der Waals surface area (Å²) in [7, 11) is -1.86. The van der Waals surface area contributed by atoms with Crippen molar-refractivity contribution in [2.24, 2.45) is 0 Å². The number of ether oxygens (including phenoxy) is 1. The Labute approximate surface area is 108 Å². The molecule has 0 bridgehead atoms. The van der Waals surface area contributed by atoms with Crippen LogP contribution in [0.1, 0.15) is 18.2 Å². The molecule has 0 aromatic carbocycles. The summed E-state index contributed by atoms with van der Waals surface area (Å²) in [6.07, 6.45) is 0.761. The van der Waals surface area contributed by atoms with Crippen molar-refractivity contribution in [1.82, 2.24) is 9.55 Å². The van der Waals surface area contributed by atoms with Crippen molar-refractivity contribution in [2.75, 3.05) is 6.61 Å². The molecule has 4 atom stereocenters. The Hall–Kier alpha value is -1.05. The quantitative estimate of drug-likeness (QED) is 0.692. The van der Waals surface area contributed by atoms with Gasteiger partial charge in [0, 0.05) is 18.2 Å². The van der Waals surface area contributed by atoms with E-state index >= 15 is 0 Å². The van der Waals surface area contributed by atoms with Gasteiger partial charge in [-0.3, -0.25) is 14.3 Å². The summed E-state index contributed by atoms with van der Waals surface area (Å²) >= 11 is 0. The number of fused-ring (bicyclic) bond motifs is 1. The van der Waals surface area contributed by atoms with Crippen molar-refractivity contribution >= 4 is 8.60 Å². The van der Waals surface area contributed by atoms with Gasteiger partial charge in [0.1, 0.15) is 12.3 Å². The second kappa shape index (κ2) is 4.81. The molecule has 3 unspecified atom stereocenters. The highest BCUT2D eigenvalue weighted by Gasteiger charge is 2.42. The summed E-state index contributed by atoms with van der Waals surface area (Å²) in [5.74, 6) is 0. The third-order valence-corrected chi connectivity index (χ3v) is 4.03. The van der Waals surface area contributed by atoms with E-state index in [0.29, 0.717) is 12.0 Å². The Balaban J connectivity index is 1.87. The van der Waals surface area contributed by atoms with E-state index in [1.807, 2.05) is 0 Å². The average molecular weight is 288 g/mol. The first-order valence-electron chi connectivity index (χ1n) is 5.81. The van der Waals surface area contributed by atoms with Gasteiger partial charge in [-0.1, -0.05) is 0 Å². The van der Waals surface area contributed by atoms with Crippen LogP contribution in [0.2, 0.25) is 0 Å². The second-order valence-corrected chi connectivity index (χ2v) is 5.47. The molecule has 8 nitrogen and oxygen atoms in total. The number of aromatic amines is 1. The van der Waals surface area contributed by atoms with Crippen molar-refractivity contribution in [3.05, 3.63) is 32.6 Å². The SMILES string of the molecule is Cc1cn([C@H]2CC3OP(O)OCC3O2)c(=O)[nH]c1=O. The van der Waals surface area contributed by atoms with Crippen molar-refractivity contribution < 1.29 is 18.7 Å². The first-order valence-corrected chi connectivity index (χ1v) is 6.94. The van der Waals surface area contributed by atoms with E-state index in [1.165, 1.54) is 10.8 Å². The smallest absolute Gasteiger partial charge is 0.330 e. The number of hydrogen-bond donors (Lipinski definition) is 2. The number of hydrogen-bond acceptors (Lipinski definition) is 6. The maximum absolute atomic E-state index is 11.8.